The van der Waals surface area contributed by atoms with Crippen molar-refractivity contribution >= 4 is 5.97 Å². The average molecular weight is 242 g/mol. The molecule has 0 aromatic carbocycles. The molecule has 0 radical (unpaired) electrons. The first-order valence-electron chi connectivity index (χ1n) is 6.63. The third kappa shape index (κ3) is 10.1. The molecule has 0 unspecified atom stereocenters. The second-order valence-corrected chi connectivity index (χ2v) is 5.22. The molecule has 0 rings (SSSR count). The van der Waals surface area contributed by atoms with Crippen molar-refractivity contribution in [1.29, 1.82) is 0 Å². The van der Waals surface area contributed by atoms with E-state index in [-0.39, 0.29) is 5.97 Å². The number of ether oxygens (including phenoxy) is 1. The van der Waals surface area contributed by atoms with E-state index in [0.29, 0.717) is 6.73 Å². The van der Waals surface area contributed by atoms with Crippen LogP contribution in [0.25, 0.3) is 0 Å². The van der Waals surface area contributed by atoms with Gasteiger partial charge in [-0.3, -0.25) is 4.48 Å². The summed E-state index contributed by atoms with van der Waals surface area (Å²) in [5.41, 5.74) is 0. The summed E-state index contributed by atoms with van der Waals surface area (Å²) in [5.74, 6) is -0.334. The molecule has 0 fully saturated rings. The van der Waals surface area contributed by atoms with Gasteiger partial charge in [0.15, 0.2) is 0 Å². The molecule has 0 bridgehead atoms. The summed E-state index contributed by atoms with van der Waals surface area (Å²) < 4.78 is 5.80. The zero-order chi connectivity index (χ0) is 13.1. The van der Waals surface area contributed by atoms with Crippen LogP contribution >= 0.6 is 0 Å². The van der Waals surface area contributed by atoms with Crippen LogP contribution in [0.15, 0.2) is 12.7 Å². The van der Waals surface area contributed by atoms with Crippen LogP contribution < -0.4 is 0 Å². The Hall–Kier alpha value is -0.830. The molecule has 17 heavy (non-hydrogen) atoms. The van der Waals surface area contributed by atoms with Crippen LogP contribution in [0, 0.1) is 0 Å². The third-order valence-corrected chi connectivity index (χ3v) is 2.84. The first-order valence-corrected chi connectivity index (χ1v) is 6.63. The molecule has 0 aromatic rings. The summed E-state index contributed by atoms with van der Waals surface area (Å²) in [6.07, 6.45) is 8.98. The van der Waals surface area contributed by atoms with Gasteiger partial charge in [0.05, 0.1) is 20.6 Å². The maximum absolute atomic E-state index is 11.0. The van der Waals surface area contributed by atoms with E-state index in [1.54, 1.807) is 0 Å². The van der Waals surface area contributed by atoms with Gasteiger partial charge >= 0.3 is 5.97 Å². The summed E-state index contributed by atoms with van der Waals surface area (Å²) in [6.45, 7) is 7.10. The molecular formula is C14H28NO2+. The standard InChI is InChI=1S/C14H28NO2/c1-5-7-8-9-10-11-12-15(3,4)13-17-14(16)6-2/h6H,2,5,7-13H2,1,3-4H3/q+1. The van der Waals surface area contributed by atoms with Crippen molar-refractivity contribution in [3.63, 3.8) is 0 Å². The van der Waals surface area contributed by atoms with E-state index >= 15 is 0 Å². The number of quaternary nitrogens is 1. The Balaban J connectivity index is 3.56. The van der Waals surface area contributed by atoms with Gasteiger partial charge in [-0.25, -0.2) is 4.79 Å². The van der Waals surface area contributed by atoms with Gasteiger partial charge in [-0.05, 0) is 12.8 Å². The number of carbonyl (C=O) groups is 1. The van der Waals surface area contributed by atoms with Crippen LogP contribution in [0.5, 0.6) is 0 Å². The fraction of sp³-hybridized carbons (Fsp3) is 0.786. The number of hydrogen-bond acceptors (Lipinski definition) is 2. The van der Waals surface area contributed by atoms with E-state index < -0.39 is 0 Å². The van der Waals surface area contributed by atoms with Crippen LogP contribution in [0.4, 0.5) is 0 Å². The summed E-state index contributed by atoms with van der Waals surface area (Å²) in [6, 6.07) is 0. The normalized spacial score (nSPS) is 11.2. The smallest absolute Gasteiger partial charge is 0.334 e. The zero-order valence-corrected chi connectivity index (χ0v) is 11.7. The highest BCUT2D eigenvalue weighted by Gasteiger charge is 2.15. The van der Waals surface area contributed by atoms with E-state index in [1.807, 2.05) is 0 Å². The highest BCUT2D eigenvalue weighted by atomic mass is 16.5. The van der Waals surface area contributed by atoms with Crippen LogP contribution in [-0.2, 0) is 9.53 Å². The maximum Gasteiger partial charge on any atom is 0.334 e. The van der Waals surface area contributed by atoms with Crippen molar-refractivity contribution in [3.8, 4) is 0 Å². The van der Waals surface area contributed by atoms with Crippen molar-refractivity contribution < 1.29 is 14.0 Å². The molecule has 3 heteroatoms. The van der Waals surface area contributed by atoms with E-state index in [0.717, 1.165) is 11.0 Å². The predicted octanol–water partition coefficient (Wildman–Crippen LogP) is 3.11. The molecular weight excluding hydrogens is 214 g/mol. The zero-order valence-electron chi connectivity index (χ0n) is 11.7. The Kier molecular flexibility index (Phi) is 8.78. The molecule has 0 spiro atoms. The average Bonchev–Trinajstić information content (AvgIpc) is 2.30. The van der Waals surface area contributed by atoms with E-state index in [4.69, 9.17) is 4.74 Å². The van der Waals surface area contributed by atoms with Gasteiger partial charge in [-0.15, -0.1) is 0 Å². The number of hydrogen-bond donors (Lipinski definition) is 0. The first kappa shape index (κ1) is 16.2. The van der Waals surface area contributed by atoms with Crippen molar-refractivity contribution in [3.05, 3.63) is 12.7 Å². The van der Waals surface area contributed by atoms with E-state index in [9.17, 15) is 4.79 Å². The monoisotopic (exact) mass is 242 g/mol. The Labute approximate surface area is 106 Å². The SMILES string of the molecule is C=CC(=O)OC[N+](C)(C)CCCCCCCC. The maximum atomic E-state index is 11.0. The quantitative estimate of drug-likeness (QED) is 0.193. The van der Waals surface area contributed by atoms with Crippen molar-refractivity contribution in [2.24, 2.45) is 0 Å². The molecule has 3 nitrogen and oxygen atoms in total. The second-order valence-electron chi connectivity index (χ2n) is 5.22. The lowest BCUT2D eigenvalue weighted by molar-refractivity contribution is -0.907. The third-order valence-electron chi connectivity index (χ3n) is 2.84. The Bertz CT molecular complexity index is 224. The predicted molar refractivity (Wildman–Crippen MR) is 71.5 cm³/mol. The number of carbonyl (C=O) groups excluding carboxylic acids is 1. The molecule has 0 heterocycles. The van der Waals surface area contributed by atoms with Crippen LogP contribution in [0.3, 0.4) is 0 Å². The van der Waals surface area contributed by atoms with Crippen molar-refractivity contribution in [2.45, 2.75) is 45.4 Å². The molecule has 0 amide bonds. The minimum absolute atomic E-state index is 0.334. The summed E-state index contributed by atoms with van der Waals surface area (Å²) in [7, 11) is 4.17. The van der Waals surface area contributed by atoms with Gasteiger partial charge in [0.25, 0.3) is 0 Å². The molecule has 0 saturated carbocycles. The molecule has 0 aliphatic carbocycles. The number of rotatable bonds is 10. The Morgan fingerprint density at radius 2 is 1.76 bits per heavy atom. The minimum atomic E-state index is -0.334. The number of unbranched alkanes of at least 4 members (excludes halogenated alkanes) is 5. The topological polar surface area (TPSA) is 26.3 Å². The van der Waals surface area contributed by atoms with Gasteiger partial charge < -0.3 is 4.74 Å². The summed E-state index contributed by atoms with van der Waals surface area (Å²) in [5, 5.41) is 0. The minimum Gasteiger partial charge on any atom is -0.412 e. The van der Waals surface area contributed by atoms with Crippen LogP contribution in [0.2, 0.25) is 0 Å². The number of nitrogens with zero attached hydrogens (tertiary/aromatic N) is 1. The van der Waals surface area contributed by atoms with E-state index in [2.05, 4.69) is 27.6 Å². The van der Waals surface area contributed by atoms with Gasteiger partial charge in [-0.1, -0.05) is 39.2 Å². The summed E-state index contributed by atoms with van der Waals surface area (Å²) >= 11 is 0. The highest BCUT2D eigenvalue weighted by Crippen LogP contribution is 2.08. The van der Waals surface area contributed by atoms with E-state index in [1.165, 1.54) is 44.6 Å². The number of esters is 1. The largest absolute Gasteiger partial charge is 0.412 e. The van der Waals surface area contributed by atoms with Gasteiger partial charge in [0.1, 0.15) is 0 Å². The molecule has 0 N–H and O–H groups in total. The molecule has 100 valence electrons. The molecule has 0 atom stereocenters. The van der Waals surface area contributed by atoms with Crippen LogP contribution in [-0.4, -0.2) is 37.8 Å². The lowest BCUT2D eigenvalue weighted by atomic mass is 10.1. The van der Waals surface area contributed by atoms with Gasteiger partial charge in [-0.2, -0.15) is 0 Å². The molecule has 0 aliphatic rings. The molecule has 0 aliphatic heterocycles. The summed E-state index contributed by atoms with van der Waals surface area (Å²) in [4.78, 5) is 11.0. The first-order chi connectivity index (χ1) is 8.02. The Morgan fingerprint density at radius 1 is 1.18 bits per heavy atom. The van der Waals surface area contributed by atoms with Crippen molar-refractivity contribution in [1.82, 2.24) is 0 Å². The lowest BCUT2D eigenvalue weighted by Gasteiger charge is -2.28. The van der Waals surface area contributed by atoms with Gasteiger partial charge in [0.2, 0.25) is 6.73 Å². The highest BCUT2D eigenvalue weighted by molar-refractivity contribution is 5.81. The second kappa shape index (κ2) is 9.23. The van der Waals surface area contributed by atoms with Gasteiger partial charge in [0, 0.05) is 6.08 Å². The fourth-order valence-corrected chi connectivity index (χ4v) is 1.68. The molecule has 0 aromatic heterocycles. The van der Waals surface area contributed by atoms with Crippen molar-refractivity contribution in [2.75, 3.05) is 27.4 Å². The molecule has 0 saturated heterocycles. The Morgan fingerprint density at radius 3 is 2.35 bits per heavy atom. The fourth-order valence-electron chi connectivity index (χ4n) is 1.68. The lowest BCUT2D eigenvalue weighted by Crippen LogP contribution is -2.42. The van der Waals surface area contributed by atoms with Crippen LogP contribution in [0.1, 0.15) is 45.4 Å².